The molecule has 0 bridgehead atoms. The number of hydrogen-bond donors (Lipinski definition) is 6. The van der Waals surface area contributed by atoms with Crippen LogP contribution < -0.4 is 10.6 Å². The smallest absolute Gasteiger partial charge is 0.328 e. The number of carboxylic acids is 1. The highest BCUT2D eigenvalue weighted by Gasteiger charge is 2.48. The van der Waals surface area contributed by atoms with E-state index in [4.69, 9.17) is 21.4 Å². The highest BCUT2D eigenvalue weighted by Crippen LogP contribution is 2.30. The molecule has 0 radical (unpaired) electrons. The van der Waals surface area contributed by atoms with Gasteiger partial charge in [-0.05, 0) is 32.6 Å². The number of rotatable bonds is 7. The maximum atomic E-state index is 12.9. The SMILES string of the molecule is CSC1O[C@H]([C@H](NC(=O)[C@@H]2CC=C(/C=C/C(=O)O)CCN2)[C@H](C)Cl)C(O)C(O)[C@H]1O. The van der Waals surface area contributed by atoms with E-state index in [1.807, 2.05) is 0 Å². The van der Waals surface area contributed by atoms with Gasteiger partial charge in [0.25, 0.3) is 0 Å². The topological polar surface area (TPSA) is 148 Å². The zero-order valence-electron chi connectivity index (χ0n) is 16.8. The van der Waals surface area contributed by atoms with Crippen LogP contribution in [-0.2, 0) is 14.3 Å². The van der Waals surface area contributed by atoms with Crippen LogP contribution in [0.1, 0.15) is 19.8 Å². The highest BCUT2D eigenvalue weighted by molar-refractivity contribution is 7.99. The monoisotopic (exact) mass is 464 g/mol. The molecule has 0 aromatic rings. The molecule has 0 aromatic heterocycles. The van der Waals surface area contributed by atoms with Gasteiger partial charge < -0.3 is 35.8 Å². The predicted molar refractivity (Wildman–Crippen MR) is 113 cm³/mol. The largest absolute Gasteiger partial charge is 0.478 e. The molecule has 30 heavy (non-hydrogen) atoms. The maximum absolute atomic E-state index is 12.9. The van der Waals surface area contributed by atoms with Crippen LogP contribution in [0.15, 0.2) is 23.8 Å². The van der Waals surface area contributed by atoms with Gasteiger partial charge in [0.1, 0.15) is 29.9 Å². The third-order valence-electron chi connectivity index (χ3n) is 5.17. The molecule has 1 fully saturated rings. The van der Waals surface area contributed by atoms with Crippen LogP contribution in [0.4, 0.5) is 0 Å². The van der Waals surface area contributed by atoms with E-state index in [0.717, 1.165) is 11.6 Å². The lowest BCUT2D eigenvalue weighted by molar-refractivity contribution is -0.205. The highest BCUT2D eigenvalue weighted by atomic mass is 35.5. The van der Waals surface area contributed by atoms with Crippen LogP contribution >= 0.6 is 23.4 Å². The lowest BCUT2D eigenvalue weighted by Crippen LogP contribution is -2.65. The van der Waals surface area contributed by atoms with Crippen LogP contribution in [0.25, 0.3) is 0 Å². The first-order chi connectivity index (χ1) is 14.1. The van der Waals surface area contributed by atoms with Gasteiger partial charge in [0.2, 0.25) is 5.91 Å². The number of halogens is 1. The number of nitrogens with one attached hydrogen (secondary N) is 2. The minimum Gasteiger partial charge on any atom is -0.478 e. The number of carbonyl (C=O) groups excluding carboxylic acids is 1. The van der Waals surface area contributed by atoms with Crippen molar-refractivity contribution >= 4 is 35.2 Å². The molecule has 0 saturated carbocycles. The minimum atomic E-state index is -1.43. The molecule has 11 heteroatoms. The normalized spacial score (nSPS) is 34.7. The molecule has 0 aliphatic carbocycles. The van der Waals surface area contributed by atoms with Gasteiger partial charge in [-0.2, -0.15) is 0 Å². The molecule has 2 rings (SSSR count). The van der Waals surface area contributed by atoms with Crippen molar-refractivity contribution < 1.29 is 34.8 Å². The standard InChI is InChI=1S/C19H29ClN2O7S/c1-9(20)13(17-15(26)14(25)16(27)19(29-17)30-2)22-18(28)11-5-3-10(7-8-21-11)4-6-12(23)24/h3-4,6,9,11,13-17,19,21,25-27H,5,7-8H2,1-2H3,(H,22,28)(H,23,24)/b6-4+/t9-,11-,13+,14?,15?,16+,17+,19?/m0/s1. The van der Waals surface area contributed by atoms with Crippen LogP contribution in [0.2, 0.25) is 0 Å². The Labute approximate surface area is 184 Å². The van der Waals surface area contributed by atoms with Crippen molar-refractivity contribution in [3.8, 4) is 0 Å². The number of amides is 1. The van der Waals surface area contributed by atoms with Crippen molar-refractivity contribution in [2.75, 3.05) is 12.8 Å². The Morgan fingerprint density at radius 1 is 1.33 bits per heavy atom. The summed E-state index contributed by atoms with van der Waals surface area (Å²) in [6, 6.07) is -1.39. The van der Waals surface area contributed by atoms with Gasteiger partial charge in [-0.25, -0.2) is 4.79 Å². The summed E-state index contributed by atoms with van der Waals surface area (Å²) in [5.74, 6) is -1.40. The second-order valence-electron chi connectivity index (χ2n) is 7.33. The van der Waals surface area contributed by atoms with E-state index in [9.17, 15) is 24.9 Å². The first-order valence-corrected chi connectivity index (χ1v) is 11.4. The molecular formula is C19H29ClN2O7S. The minimum absolute atomic E-state index is 0.345. The summed E-state index contributed by atoms with van der Waals surface area (Å²) in [6.07, 6.45) is 1.86. The fourth-order valence-electron chi connectivity index (χ4n) is 3.46. The third kappa shape index (κ3) is 6.43. The molecule has 3 unspecified atom stereocenters. The molecule has 2 heterocycles. The van der Waals surface area contributed by atoms with Crippen molar-refractivity contribution in [3.05, 3.63) is 23.8 Å². The summed E-state index contributed by atoms with van der Waals surface area (Å²) in [5, 5.41) is 44.6. The van der Waals surface area contributed by atoms with Crippen molar-refractivity contribution in [2.24, 2.45) is 0 Å². The number of ether oxygens (including phenoxy) is 1. The summed E-state index contributed by atoms with van der Waals surface area (Å²) in [5.41, 5.74) is 0.0409. The first-order valence-electron chi connectivity index (χ1n) is 9.66. The lowest BCUT2D eigenvalue weighted by Gasteiger charge is -2.44. The van der Waals surface area contributed by atoms with Crippen molar-refractivity contribution in [2.45, 2.75) is 67.1 Å². The van der Waals surface area contributed by atoms with Gasteiger partial charge in [-0.1, -0.05) is 17.7 Å². The van der Waals surface area contributed by atoms with E-state index in [1.165, 1.54) is 17.8 Å². The van der Waals surface area contributed by atoms with E-state index in [2.05, 4.69) is 10.6 Å². The fraction of sp³-hybridized carbons (Fsp3) is 0.684. The molecule has 170 valence electrons. The Bertz CT molecular complexity index is 673. The summed E-state index contributed by atoms with van der Waals surface area (Å²) < 4.78 is 5.75. The van der Waals surface area contributed by atoms with Crippen molar-refractivity contribution in [3.63, 3.8) is 0 Å². The van der Waals surface area contributed by atoms with E-state index in [0.29, 0.717) is 19.4 Å². The molecule has 2 aliphatic rings. The van der Waals surface area contributed by atoms with Gasteiger partial charge >= 0.3 is 5.97 Å². The summed E-state index contributed by atoms with van der Waals surface area (Å²) >= 11 is 7.45. The Morgan fingerprint density at radius 3 is 2.63 bits per heavy atom. The summed E-state index contributed by atoms with van der Waals surface area (Å²) in [4.78, 5) is 23.5. The van der Waals surface area contributed by atoms with Crippen molar-refractivity contribution in [1.29, 1.82) is 0 Å². The maximum Gasteiger partial charge on any atom is 0.328 e. The zero-order chi connectivity index (χ0) is 22.4. The molecular weight excluding hydrogens is 436 g/mol. The van der Waals surface area contributed by atoms with Gasteiger partial charge in [0.15, 0.2) is 0 Å². The molecule has 0 spiro atoms. The number of aliphatic hydroxyl groups is 3. The van der Waals surface area contributed by atoms with Crippen LogP contribution in [0.5, 0.6) is 0 Å². The molecule has 9 nitrogen and oxygen atoms in total. The Hall–Kier alpha value is -1.14. The average molecular weight is 465 g/mol. The fourth-order valence-corrected chi connectivity index (χ4v) is 4.35. The number of carboxylic acid groups (broad SMARTS) is 1. The Balaban J connectivity index is 2.09. The van der Waals surface area contributed by atoms with Gasteiger partial charge in [0.05, 0.1) is 17.5 Å². The third-order valence-corrected chi connectivity index (χ3v) is 6.30. The van der Waals surface area contributed by atoms with E-state index in [-0.39, 0.29) is 5.91 Å². The number of aliphatic hydroxyl groups excluding tert-OH is 3. The molecule has 0 aromatic carbocycles. The number of carbonyl (C=O) groups is 2. The van der Waals surface area contributed by atoms with Gasteiger partial charge in [-0.3, -0.25) is 4.79 Å². The molecule has 6 N–H and O–H groups in total. The van der Waals surface area contributed by atoms with E-state index in [1.54, 1.807) is 19.3 Å². The number of thioether (sulfide) groups is 1. The Kier molecular flexibility index (Phi) is 9.61. The molecule has 1 saturated heterocycles. The van der Waals surface area contributed by atoms with E-state index < -0.39 is 53.3 Å². The van der Waals surface area contributed by atoms with Crippen LogP contribution in [0, 0.1) is 0 Å². The summed E-state index contributed by atoms with van der Waals surface area (Å²) in [6.45, 7) is 2.13. The quantitative estimate of drug-likeness (QED) is 0.218. The van der Waals surface area contributed by atoms with Crippen molar-refractivity contribution in [1.82, 2.24) is 10.6 Å². The predicted octanol–water partition coefficient (Wildman–Crippen LogP) is -0.412. The Morgan fingerprint density at radius 2 is 2.03 bits per heavy atom. The van der Waals surface area contributed by atoms with E-state index >= 15 is 0 Å². The molecule has 2 aliphatic heterocycles. The second-order valence-corrected chi connectivity index (χ2v) is 8.96. The van der Waals surface area contributed by atoms with Crippen LogP contribution in [-0.4, -0.2) is 92.4 Å². The number of aliphatic carboxylic acids is 1. The average Bonchev–Trinajstić information content (AvgIpc) is 2.95. The molecule has 8 atom stereocenters. The lowest BCUT2D eigenvalue weighted by atomic mass is 9.93. The number of hydrogen-bond acceptors (Lipinski definition) is 8. The second kappa shape index (κ2) is 11.5. The van der Waals surface area contributed by atoms with Gasteiger partial charge in [0, 0.05) is 6.08 Å². The number of alkyl halides is 1. The van der Waals surface area contributed by atoms with Gasteiger partial charge in [-0.15, -0.1) is 23.4 Å². The van der Waals surface area contributed by atoms with Crippen LogP contribution in [0.3, 0.4) is 0 Å². The number of allylic oxidation sites excluding steroid dienone is 1. The zero-order valence-corrected chi connectivity index (χ0v) is 18.3. The molecule has 1 amide bonds. The first kappa shape index (κ1) is 25.1. The summed E-state index contributed by atoms with van der Waals surface area (Å²) in [7, 11) is 0.